The summed E-state index contributed by atoms with van der Waals surface area (Å²) in [6, 6.07) is 4.21. The highest BCUT2D eigenvalue weighted by atomic mass is 79.9. The van der Waals surface area contributed by atoms with Gasteiger partial charge in [-0.25, -0.2) is 4.39 Å². The van der Waals surface area contributed by atoms with Crippen molar-refractivity contribution in [3.05, 3.63) is 28.5 Å². The topological polar surface area (TPSA) is 66.6 Å². The summed E-state index contributed by atoms with van der Waals surface area (Å²) in [6.07, 6.45) is -1.32. The number of amides is 1. The minimum atomic E-state index is -1.32. The Morgan fingerprint density at radius 1 is 1.69 bits per heavy atom. The first-order valence-electron chi connectivity index (χ1n) is 4.58. The Balaban J connectivity index is 3.00. The summed E-state index contributed by atoms with van der Waals surface area (Å²) >= 11 is 3.18. The zero-order valence-electron chi connectivity index (χ0n) is 8.65. The fraction of sp³-hybridized carbons (Fsp3) is 0.300. The lowest BCUT2D eigenvalue weighted by atomic mass is 10.2. The lowest BCUT2D eigenvalue weighted by Crippen LogP contribution is -2.40. The quantitative estimate of drug-likeness (QED) is 0.868. The number of nitrogens with two attached hydrogens (primary N) is 1. The van der Waals surface area contributed by atoms with Gasteiger partial charge in [-0.2, -0.15) is 0 Å². The van der Waals surface area contributed by atoms with Gasteiger partial charge in [0.15, 0.2) is 0 Å². The third kappa shape index (κ3) is 2.78. The molecule has 0 aliphatic heterocycles. The van der Waals surface area contributed by atoms with E-state index in [2.05, 4.69) is 15.9 Å². The molecule has 1 atom stereocenters. The first-order valence-corrected chi connectivity index (χ1v) is 5.37. The molecule has 0 saturated carbocycles. The molecule has 0 heterocycles. The predicted octanol–water partition coefficient (Wildman–Crippen LogP) is 0.871. The Kier molecular flexibility index (Phi) is 4.40. The van der Waals surface area contributed by atoms with Crippen molar-refractivity contribution < 1.29 is 14.3 Å². The summed E-state index contributed by atoms with van der Waals surface area (Å²) in [7, 11) is 1.38. The summed E-state index contributed by atoms with van der Waals surface area (Å²) in [5.74, 6) is -1.18. The van der Waals surface area contributed by atoms with Crippen molar-refractivity contribution in [3.63, 3.8) is 0 Å². The van der Waals surface area contributed by atoms with E-state index in [1.165, 1.54) is 25.2 Å². The third-order valence-corrected chi connectivity index (χ3v) is 2.60. The maximum atomic E-state index is 13.4. The van der Waals surface area contributed by atoms with Gasteiger partial charge in [0.1, 0.15) is 11.9 Å². The third-order valence-electron chi connectivity index (χ3n) is 2.11. The molecular weight excluding hydrogens is 279 g/mol. The zero-order valence-corrected chi connectivity index (χ0v) is 10.2. The van der Waals surface area contributed by atoms with Gasteiger partial charge in [-0.1, -0.05) is 15.9 Å². The molecule has 0 fully saturated rings. The van der Waals surface area contributed by atoms with Crippen molar-refractivity contribution in [3.8, 4) is 0 Å². The Labute approximate surface area is 101 Å². The summed E-state index contributed by atoms with van der Waals surface area (Å²) in [5, 5.41) is 9.27. The van der Waals surface area contributed by atoms with Crippen molar-refractivity contribution >= 4 is 27.5 Å². The number of anilines is 1. The van der Waals surface area contributed by atoms with Crippen LogP contribution in [0.5, 0.6) is 0 Å². The number of carbonyl (C=O) groups excluding carboxylic acids is 1. The van der Waals surface area contributed by atoms with Gasteiger partial charge in [0.05, 0.1) is 5.69 Å². The van der Waals surface area contributed by atoms with E-state index >= 15 is 0 Å². The van der Waals surface area contributed by atoms with Crippen LogP contribution in [0.4, 0.5) is 10.1 Å². The number of nitrogens with zero attached hydrogens (tertiary/aromatic N) is 1. The van der Waals surface area contributed by atoms with Gasteiger partial charge in [-0.3, -0.25) is 4.79 Å². The zero-order chi connectivity index (χ0) is 12.3. The number of hydrogen-bond donors (Lipinski definition) is 2. The Morgan fingerprint density at radius 3 is 2.88 bits per heavy atom. The molecule has 3 N–H and O–H groups in total. The Bertz CT molecular complexity index is 400. The van der Waals surface area contributed by atoms with Crippen molar-refractivity contribution in [1.82, 2.24) is 0 Å². The van der Waals surface area contributed by atoms with Crippen LogP contribution >= 0.6 is 15.9 Å². The summed E-state index contributed by atoms with van der Waals surface area (Å²) in [5.41, 5.74) is 5.25. The summed E-state index contributed by atoms with van der Waals surface area (Å²) in [6.45, 7) is -0.196. The molecule has 6 heteroatoms. The highest BCUT2D eigenvalue weighted by molar-refractivity contribution is 9.10. The number of hydrogen-bond acceptors (Lipinski definition) is 3. The predicted molar refractivity (Wildman–Crippen MR) is 62.6 cm³/mol. The SMILES string of the molecule is CN(C(=O)C(O)CN)c1cc(Br)ccc1F. The Morgan fingerprint density at radius 2 is 2.31 bits per heavy atom. The molecule has 1 amide bonds. The average Bonchev–Trinajstić information content (AvgIpc) is 2.29. The molecule has 0 aliphatic rings. The van der Waals surface area contributed by atoms with Crippen LogP contribution in [0.25, 0.3) is 0 Å². The van der Waals surface area contributed by atoms with Crippen LogP contribution in [-0.4, -0.2) is 30.7 Å². The van der Waals surface area contributed by atoms with E-state index in [9.17, 15) is 14.3 Å². The van der Waals surface area contributed by atoms with Crippen molar-refractivity contribution in [2.24, 2.45) is 5.73 Å². The molecule has 1 aromatic carbocycles. The molecule has 0 bridgehead atoms. The van der Waals surface area contributed by atoms with E-state index in [0.717, 1.165) is 4.90 Å². The number of likely N-dealkylation sites (N-methyl/N-ethyl adjacent to an activating group) is 1. The maximum Gasteiger partial charge on any atom is 0.256 e. The second-order valence-corrected chi connectivity index (χ2v) is 4.16. The van der Waals surface area contributed by atoms with Gasteiger partial charge >= 0.3 is 0 Å². The molecule has 0 aromatic heterocycles. The second-order valence-electron chi connectivity index (χ2n) is 3.24. The van der Waals surface area contributed by atoms with E-state index < -0.39 is 17.8 Å². The monoisotopic (exact) mass is 290 g/mol. The molecular formula is C10H12BrFN2O2. The summed E-state index contributed by atoms with van der Waals surface area (Å²) in [4.78, 5) is 12.6. The fourth-order valence-electron chi connectivity index (χ4n) is 1.19. The molecule has 0 radical (unpaired) electrons. The molecule has 0 spiro atoms. The fourth-order valence-corrected chi connectivity index (χ4v) is 1.53. The standard InChI is InChI=1S/C10H12BrFN2O2/c1-14(10(16)9(15)5-13)8-4-6(11)2-3-7(8)12/h2-4,9,15H,5,13H2,1H3. The molecule has 88 valence electrons. The average molecular weight is 291 g/mol. The van der Waals surface area contributed by atoms with Gasteiger partial charge in [-0.05, 0) is 18.2 Å². The van der Waals surface area contributed by atoms with E-state index in [4.69, 9.17) is 5.73 Å². The van der Waals surface area contributed by atoms with E-state index in [1.807, 2.05) is 0 Å². The normalized spacial score (nSPS) is 12.3. The lowest BCUT2D eigenvalue weighted by molar-refractivity contribution is -0.125. The van der Waals surface area contributed by atoms with Crippen molar-refractivity contribution in [2.45, 2.75) is 6.10 Å². The van der Waals surface area contributed by atoms with E-state index in [-0.39, 0.29) is 12.2 Å². The van der Waals surface area contributed by atoms with Crippen LogP contribution in [0.15, 0.2) is 22.7 Å². The van der Waals surface area contributed by atoms with Gasteiger partial charge in [0.25, 0.3) is 5.91 Å². The minimum absolute atomic E-state index is 0.0897. The number of rotatable bonds is 3. The smallest absolute Gasteiger partial charge is 0.256 e. The van der Waals surface area contributed by atoms with Crippen LogP contribution in [0.2, 0.25) is 0 Å². The highest BCUT2D eigenvalue weighted by Gasteiger charge is 2.21. The molecule has 1 rings (SSSR count). The number of halogens is 2. The van der Waals surface area contributed by atoms with Crippen LogP contribution in [0.3, 0.4) is 0 Å². The summed E-state index contributed by atoms with van der Waals surface area (Å²) < 4.78 is 14.1. The van der Waals surface area contributed by atoms with Crippen LogP contribution in [0.1, 0.15) is 0 Å². The first-order chi connectivity index (χ1) is 7.47. The molecule has 1 aromatic rings. The minimum Gasteiger partial charge on any atom is -0.382 e. The lowest BCUT2D eigenvalue weighted by Gasteiger charge is -2.20. The number of aliphatic hydroxyl groups is 1. The molecule has 1 unspecified atom stereocenters. The van der Waals surface area contributed by atoms with Crippen LogP contribution in [-0.2, 0) is 4.79 Å². The van der Waals surface area contributed by atoms with Crippen LogP contribution < -0.4 is 10.6 Å². The highest BCUT2D eigenvalue weighted by Crippen LogP contribution is 2.23. The van der Waals surface area contributed by atoms with E-state index in [1.54, 1.807) is 0 Å². The molecule has 0 aliphatic carbocycles. The van der Waals surface area contributed by atoms with Gasteiger partial charge < -0.3 is 15.7 Å². The molecule has 16 heavy (non-hydrogen) atoms. The molecule has 4 nitrogen and oxygen atoms in total. The number of carbonyl (C=O) groups is 1. The van der Waals surface area contributed by atoms with Gasteiger partial charge in [-0.15, -0.1) is 0 Å². The number of aliphatic hydroxyl groups excluding tert-OH is 1. The van der Waals surface area contributed by atoms with Gasteiger partial charge in [0.2, 0.25) is 0 Å². The van der Waals surface area contributed by atoms with Gasteiger partial charge in [0, 0.05) is 18.1 Å². The largest absolute Gasteiger partial charge is 0.382 e. The van der Waals surface area contributed by atoms with Crippen molar-refractivity contribution in [2.75, 3.05) is 18.5 Å². The number of benzene rings is 1. The molecule has 0 saturated heterocycles. The Hall–Kier alpha value is -0.980. The second kappa shape index (κ2) is 5.38. The van der Waals surface area contributed by atoms with E-state index in [0.29, 0.717) is 4.47 Å². The van der Waals surface area contributed by atoms with Crippen molar-refractivity contribution in [1.29, 1.82) is 0 Å². The first kappa shape index (κ1) is 13.1. The maximum absolute atomic E-state index is 13.4. The van der Waals surface area contributed by atoms with Crippen LogP contribution in [0, 0.1) is 5.82 Å².